The monoisotopic (exact) mass is 532 g/mol. The van der Waals surface area contributed by atoms with Gasteiger partial charge in [-0.3, -0.25) is 9.78 Å². The molecule has 0 saturated heterocycles. The summed E-state index contributed by atoms with van der Waals surface area (Å²) < 4.78 is 0. The summed E-state index contributed by atoms with van der Waals surface area (Å²) in [6.07, 6.45) is 11.7. The Kier molecular flexibility index (Phi) is 11.9. The average Bonchev–Trinajstić information content (AvgIpc) is 2.77. The number of likely N-dealkylation sites (N-methyl/N-ethyl adjacent to an activating group) is 1. The second-order valence-corrected chi connectivity index (χ2v) is 11.0. The fourth-order valence-corrected chi connectivity index (χ4v) is 7.15. The van der Waals surface area contributed by atoms with Crippen molar-refractivity contribution in [3.8, 4) is 0 Å². The number of carbonyl (C=O) groups excluding carboxylic acids is 1. The van der Waals surface area contributed by atoms with Crippen molar-refractivity contribution in [3.63, 3.8) is 0 Å². The first kappa shape index (κ1) is 29.6. The Balaban J connectivity index is 0.00000204. The highest BCUT2D eigenvalue weighted by molar-refractivity contribution is 6.33. The van der Waals surface area contributed by atoms with E-state index in [-0.39, 0.29) is 30.7 Å². The minimum atomic E-state index is -0.0354. The Labute approximate surface area is 223 Å². The lowest BCUT2D eigenvalue weighted by Gasteiger charge is -2.56. The Morgan fingerprint density at radius 1 is 1.09 bits per heavy atom. The van der Waals surface area contributed by atoms with Gasteiger partial charge < -0.3 is 15.5 Å². The summed E-state index contributed by atoms with van der Waals surface area (Å²) >= 11 is 6.37. The van der Waals surface area contributed by atoms with Gasteiger partial charge in [0.05, 0.1) is 10.6 Å². The zero-order valence-electron chi connectivity index (χ0n) is 20.8. The molecule has 8 heteroatoms. The van der Waals surface area contributed by atoms with E-state index in [4.69, 9.17) is 11.6 Å². The highest BCUT2D eigenvalue weighted by atomic mass is 35.5. The smallest absolute Gasteiger partial charge is 0.252 e. The van der Waals surface area contributed by atoms with Crippen molar-refractivity contribution in [2.75, 3.05) is 39.3 Å². The Bertz CT molecular complexity index is 752. The number of rotatable bonds is 12. The van der Waals surface area contributed by atoms with Gasteiger partial charge in [0.25, 0.3) is 5.91 Å². The third-order valence-corrected chi connectivity index (χ3v) is 8.53. The van der Waals surface area contributed by atoms with E-state index in [0.717, 1.165) is 75.6 Å². The SMILES string of the molecule is CCN(CC)CCNCCCc1cc(C(=O)NCC23CC4CC(CC(C4)C2)C3)c(Cl)cn1.Cl.Cl. The van der Waals surface area contributed by atoms with E-state index in [9.17, 15) is 4.79 Å². The van der Waals surface area contributed by atoms with E-state index in [1.807, 2.05) is 6.07 Å². The molecule has 194 valence electrons. The summed E-state index contributed by atoms with van der Waals surface area (Å²) in [7, 11) is 0. The molecule has 0 unspecified atom stereocenters. The molecular weight excluding hydrogens is 491 g/mol. The van der Waals surface area contributed by atoms with Gasteiger partial charge in [0.15, 0.2) is 0 Å². The lowest BCUT2D eigenvalue weighted by Crippen LogP contribution is -2.51. The summed E-state index contributed by atoms with van der Waals surface area (Å²) in [6.45, 7) is 10.5. The summed E-state index contributed by atoms with van der Waals surface area (Å²) in [6, 6.07) is 1.90. The van der Waals surface area contributed by atoms with Crippen LogP contribution in [0, 0.1) is 23.2 Å². The summed E-state index contributed by atoms with van der Waals surface area (Å²) in [5.74, 6) is 2.66. The van der Waals surface area contributed by atoms with Crippen molar-refractivity contribution in [3.05, 3.63) is 28.5 Å². The molecule has 0 aliphatic heterocycles. The maximum absolute atomic E-state index is 13.0. The van der Waals surface area contributed by atoms with Gasteiger partial charge in [0.1, 0.15) is 0 Å². The van der Waals surface area contributed by atoms with Gasteiger partial charge >= 0.3 is 0 Å². The molecule has 1 aromatic rings. The molecule has 4 aliphatic rings. The predicted octanol–water partition coefficient (Wildman–Crippen LogP) is 5.39. The quantitative estimate of drug-likeness (QED) is 0.354. The number of hydrogen-bond acceptors (Lipinski definition) is 4. The molecule has 0 atom stereocenters. The number of hydrogen-bond donors (Lipinski definition) is 2. The first-order valence-corrected chi connectivity index (χ1v) is 13.2. The highest BCUT2D eigenvalue weighted by Crippen LogP contribution is 2.59. The number of halogens is 3. The van der Waals surface area contributed by atoms with Crippen LogP contribution < -0.4 is 10.6 Å². The van der Waals surface area contributed by atoms with Crippen LogP contribution in [0.15, 0.2) is 12.3 Å². The minimum absolute atomic E-state index is 0. The highest BCUT2D eigenvalue weighted by Gasteiger charge is 2.50. The lowest BCUT2D eigenvalue weighted by atomic mass is 9.49. The maximum Gasteiger partial charge on any atom is 0.252 e. The van der Waals surface area contributed by atoms with E-state index in [2.05, 4.69) is 34.4 Å². The average molecular weight is 534 g/mol. The largest absolute Gasteiger partial charge is 0.351 e. The Morgan fingerprint density at radius 3 is 2.29 bits per heavy atom. The van der Waals surface area contributed by atoms with Crippen LogP contribution in [0.5, 0.6) is 0 Å². The zero-order chi connectivity index (χ0) is 22.6. The number of amides is 1. The van der Waals surface area contributed by atoms with Crippen molar-refractivity contribution in [2.24, 2.45) is 23.2 Å². The van der Waals surface area contributed by atoms with Gasteiger partial charge in [-0.1, -0.05) is 25.4 Å². The summed E-state index contributed by atoms with van der Waals surface area (Å²) in [5, 5.41) is 7.23. The maximum atomic E-state index is 13.0. The molecule has 0 spiro atoms. The van der Waals surface area contributed by atoms with E-state index in [1.165, 1.54) is 38.5 Å². The van der Waals surface area contributed by atoms with Crippen molar-refractivity contribution >= 4 is 42.3 Å². The Morgan fingerprint density at radius 2 is 1.71 bits per heavy atom. The van der Waals surface area contributed by atoms with Crippen LogP contribution >= 0.6 is 36.4 Å². The van der Waals surface area contributed by atoms with Crippen molar-refractivity contribution in [1.29, 1.82) is 0 Å². The van der Waals surface area contributed by atoms with Crippen LogP contribution in [0.1, 0.15) is 74.8 Å². The molecule has 1 aromatic heterocycles. The topological polar surface area (TPSA) is 57.3 Å². The fourth-order valence-electron chi connectivity index (χ4n) is 6.96. The number of nitrogens with zero attached hydrogens (tertiary/aromatic N) is 2. The minimum Gasteiger partial charge on any atom is -0.351 e. The van der Waals surface area contributed by atoms with Crippen LogP contribution in [0.2, 0.25) is 5.02 Å². The van der Waals surface area contributed by atoms with Gasteiger partial charge in [-0.2, -0.15) is 0 Å². The van der Waals surface area contributed by atoms with Crippen LogP contribution in [0.4, 0.5) is 0 Å². The number of aryl methyl sites for hydroxylation is 1. The molecule has 4 saturated carbocycles. The number of aromatic nitrogens is 1. The first-order valence-electron chi connectivity index (χ1n) is 12.9. The van der Waals surface area contributed by atoms with E-state index < -0.39 is 0 Å². The van der Waals surface area contributed by atoms with E-state index >= 15 is 0 Å². The third kappa shape index (κ3) is 7.46. The number of nitrogens with one attached hydrogen (secondary N) is 2. The van der Waals surface area contributed by atoms with Gasteiger partial charge in [0, 0.05) is 31.5 Å². The standard InChI is InChI=1S/C26H41ClN4O.2ClH/c1-3-31(4-2)9-8-28-7-5-6-22-13-23(24(27)17-29-22)25(32)30-18-26-14-19-10-20(15-26)12-21(11-19)16-26;;/h13,17,19-21,28H,3-12,14-16,18H2,1-2H3,(H,30,32);2*1H. The molecule has 5 rings (SSSR count). The normalized spacial score (nSPS) is 26.8. The van der Waals surface area contributed by atoms with Gasteiger partial charge in [0.2, 0.25) is 0 Å². The summed E-state index contributed by atoms with van der Waals surface area (Å²) in [5.41, 5.74) is 1.86. The Hall–Kier alpha value is -0.590. The van der Waals surface area contributed by atoms with Crippen LogP contribution in [-0.4, -0.2) is 55.1 Å². The predicted molar refractivity (Wildman–Crippen MR) is 146 cm³/mol. The van der Waals surface area contributed by atoms with Gasteiger partial charge in [-0.25, -0.2) is 0 Å². The molecule has 1 amide bonds. The molecule has 5 nitrogen and oxygen atoms in total. The fraction of sp³-hybridized carbons (Fsp3) is 0.769. The van der Waals surface area contributed by atoms with Crippen LogP contribution in [-0.2, 0) is 6.42 Å². The number of pyridine rings is 1. The van der Waals surface area contributed by atoms with Crippen molar-refractivity contribution in [1.82, 2.24) is 20.5 Å². The zero-order valence-corrected chi connectivity index (χ0v) is 23.2. The lowest BCUT2D eigenvalue weighted by molar-refractivity contribution is -0.0503. The molecular formula is C26H43Cl3N4O. The number of carbonyl (C=O) groups is 1. The van der Waals surface area contributed by atoms with Gasteiger partial charge in [-0.05, 0) is 100 Å². The van der Waals surface area contributed by atoms with E-state index in [0.29, 0.717) is 16.0 Å². The molecule has 2 N–H and O–H groups in total. The molecule has 0 aromatic carbocycles. The molecule has 0 radical (unpaired) electrons. The second kappa shape index (κ2) is 13.6. The molecule has 34 heavy (non-hydrogen) atoms. The molecule has 4 bridgehead atoms. The van der Waals surface area contributed by atoms with Crippen LogP contribution in [0.3, 0.4) is 0 Å². The van der Waals surface area contributed by atoms with Crippen LogP contribution in [0.25, 0.3) is 0 Å². The summed E-state index contributed by atoms with van der Waals surface area (Å²) in [4.78, 5) is 19.9. The second-order valence-electron chi connectivity index (χ2n) is 10.6. The third-order valence-electron chi connectivity index (χ3n) is 8.23. The van der Waals surface area contributed by atoms with Crippen molar-refractivity contribution < 1.29 is 4.79 Å². The van der Waals surface area contributed by atoms with E-state index in [1.54, 1.807) is 6.20 Å². The molecule has 4 fully saturated rings. The first-order chi connectivity index (χ1) is 15.5. The van der Waals surface area contributed by atoms with Crippen molar-refractivity contribution in [2.45, 2.75) is 65.2 Å². The van der Waals surface area contributed by atoms with Gasteiger partial charge in [-0.15, -0.1) is 24.8 Å². The molecule has 4 aliphatic carbocycles. The molecule has 1 heterocycles.